The Balaban J connectivity index is 1.96. The highest BCUT2D eigenvalue weighted by atomic mass is 35.5. The summed E-state index contributed by atoms with van der Waals surface area (Å²) in [4.78, 5) is 37.7. The van der Waals surface area contributed by atoms with Gasteiger partial charge < -0.3 is 19.9 Å². The van der Waals surface area contributed by atoms with Gasteiger partial charge in [0.1, 0.15) is 23.5 Å². The van der Waals surface area contributed by atoms with Crippen LogP contribution in [0.5, 0.6) is 0 Å². The third-order valence-corrected chi connectivity index (χ3v) is 5.36. The van der Waals surface area contributed by atoms with Gasteiger partial charge in [-0.2, -0.15) is 0 Å². The van der Waals surface area contributed by atoms with E-state index >= 15 is 0 Å². The van der Waals surface area contributed by atoms with Crippen molar-refractivity contribution in [1.82, 2.24) is 5.32 Å². The highest BCUT2D eigenvalue weighted by molar-refractivity contribution is 6.34. The van der Waals surface area contributed by atoms with Crippen LogP contribution >= 0.6 is 11.6 Å². The van der Waals surface area contributed by atoms with E-state index in [4.69, 9.17) is 21.1 Å². The Morgan fingerprint density at radius 1 is 1.28 bits per heavy atom. The lowest BCUT2D eigenvalue weighted by molar-refractivity contribution is -0.154. The Hall–Kier alpha value is -2.38. The molecule has 1 aromatic carbocycles. The zero-order chi connectivity index (χ0) is 21.4. The summed E-state index contributed by atoms with van der Waals surface area (Å²) in [6.07, 6.45) is 0.761. The number of ketones is 1. The van der Waals surface area contributed by atoms with Crippen LogP contribution in [0.1, 0.15) is 49.5 Å². The number of rotatable bonds is 3. The van der Waals surface area contributed by atoms with Crippen molar-refractivity contribution in [3.05, 3.63) is 45.7 Å². The van der Waals surface area contributed by atoms with Gasteiger partial charge in [-0.3, -0.25) is 14.4 Å². The molecule has 0 unspecified atom stereocenters. The van der Waals surface area contributed by atoms with Crippen molar-refractivity contribution < 1.29 is 29.0 Å². The Kier molecular flexibility index (Phi) is 5.74. The van der Waals surface area contributed by atoms with E-state index in [-0.39, 0.29) is 16.9 Å². The average Bonchev–Trinajstić information content (AvgIpc) is 2.64. The number of amides is 1. The quantitative estimate of drug-likeness (QED) is 0.574. The second kappa shape index (κ2) is 7.80. The molecule has 1 heterocycles. The number of carbonyl (C=O) groups is 3. The van der Waals surface area contributed by atoms with Crippen molar-refractivity contribution in [1.29, 1.82) is 0 Å². The number of hydrogen-bond donors (Lipinski definition) is 2. The van der Waals surface area contributed by atoms with Crippen molar-refractivity contribution in [3.8, 4) is 0 Å². The number of carbonyl (C=O) groups excluding carboxylic acids is 3. The summed E-state index contributed by atoms with van der Waals surface area (Å²) in [6, 6.07) is 4.88. The van der Waals surface area contributed by atoms with E-state index in [1.54, 1.807) is 39.0 Å². The van der Waals surface area contributed by atoms with Crippen molar-refractivity contribution >= 4 is 29.3 Å². The minimum atomic E-state index is -0.974. The number of aliphatic hydroxyl groups excluding tert-OH is 1. The van der Waals surface area contributed by atoms with Crippen molar-refractivity contribution in [2.75, 3.05) is 19.8 Å². The summed E-state index contributed by atoms with van der Waals surface area (Å²) in [7, 11) is 0. The third-order valence-electron chi connectivity index (χ3n) is 5.04. The Morgan fingerprint density at radius 3 is 2.55 bits per heavy atom. The molecule has 1 spiro atoms. The first-order valence-electron chi connectivity index (χ1n) is 9.42. The molecule has 0 bridgehead atoms. The number of allylic oxidation sites excluding steroid dienone is 1. The topological polar surface area (TPSA) is 102 Å². The summed E-state index contributed by atoms with van der Waals surface area (Å²) >= 11 is 6.40. The largest absolute Gasteiger partial charge is 0.510 e. The SMILES string of the molecule is CC(C)(C)OC(=O)CNC(=O)C1=C(O)C2(CCOCC2)c2c(Cl)cccc2C1=O. The second-order valence-electron chi connectivity index (χ2n) is 8.18. The maximum absolute atomic E-state index is 13.0. The summed E-state index contributed by atoms with van der Waals surface area (Å²) < 4.78 is 10.6. The van der Waals surface area contributed by atoms with Gasteiger partial charge in [0, 0.05) is 23.8 Å². The molecule has 2 N–H and O–H groups in total. The van der Waals surface area contributed by atoms with Crippen molar-refractivity contribution in [2.45, 2.75) is 44.6 Å². The van der Waals surface area contributed by atoms with Gasteiger partial charge in [-0.1, -0.05) is 23.7 Å². The number of halogens is 1. The van der Waals surface area contributed by atoms with Gasteiger partial charge in [-0.15, -0.1) is 0 Å². The predicted octanol–water partition coefficient (Wildman–Crippen LogP) is 2.85. The molecule has 2 aliphatic rings. The number of esters is 1. The van der Waals surface area contributed by atoms with E-state index in [0.717, 1.165) is 0 Å². The second-order valence-corrected chi connectivity index (χ2v) is 8.59. The van der Waals surface area contributed by atoms with Gasteiger partial charge in [-0.05, 0) is 45.2 Å². The smallest absolute Gasteiger partial charge is 0.325 e. The van der Waals surface area contributed by atoms with Crippen LogP contribution in [-0.2, 0) is 24.5 Å². The predicted molar refractivity (Wildman–Crippen MR) is 106 cm³/mol. The minimum absolute atomic E-state index is 0.277. The van der Waals surface area contributed by atoms with Crippen LogP contribution in [0.15, 0.2) is 29.5 Å². The summed E-state index contributed by atoms with van der Waals surface area (Å²) in [5, 5.41) is 13.8. The molecule has 0 aromatic heterocycles. The molecule has 1 aliphatic carbocycles. The van der Waals surface area contributed by atoms with Gasteiger partial charge in [-0.25, -0.2) is 0 Å². The van der Waals surface area contributed by atoms with Gasteiger partial charge in [0.2, 0.25) is 5.78 Å². The molecular formula is C21H24ClNO6. The minimum Gasteiger partial charge on any atom is -0.510 e. The monoisotopic (exact) mass is 421 g/mol. The molecule has 7 nitrogen and oxygen atoms in total. The number of hydrogen-bond acceptors (Lipinski definition) is 6. The number of benzene rings is 1. The standard InChI is InChI=1S/C21H24ClNO6/c1-20(2,3)29-14(24)11-23-19(27)15-17(25)12-5-4-6-13(22)16(12)21(18(15)26)7-9-28-10-8-21/h4-6,26H,7-11H2,1-3H3,(H,23,27). The van der Waals surface area contributed by atoms with Crippen LogP contribution in [-0.4, -0.2) is 48.1 Å². The first-order valence-corrected chi connectivity index (χ1v) is 9.80. The zero-order valence-electron chi connectivity index (χ0n) is 16.6. The number of nitrogens with one attached hydrogen (secondary N) is 1. The first-order chi connectivity index (χ1) is 13.6. The summed E-state index contributed by atoms with van der Waals surface area (Å²) in [6.45, 7) is 5.42. The molecular weight excluding hydrogens is 398 g/mol. The lowest BCUT2D eigenvalue weighted by Gasteiger charge is -2.41. The van der Waals surface area contributed by atoms with E-state index < -0.39 is 35.2 Å². The van der Waals surface area contributed by atoms with Crippen LogP contribution in [0.4, 0.5) is 0 Å². The van der Waals surface area contributed by atoms with Crippen LogP contribution in [0.25, 0.3) is 0 Å². The molecule has 1 aliphatic heterocycles. The maximum atomic E-state index is 13.0. The number of fused-ring (bicyclic) bond motifs is 2. The highest BCUT2D eigenvalue weighted by Crippen LogP contribution is 2.49. The van der Waals surface area contributed by atoms with Crippen LogP contribution in [0.3, 0.4) is 0 Å². The van der Waals surface area contributed by atoms with Gasteiger partial charge in [0.05, 0.1) is 5.41 Å². The van der Waals surface area contributed by atoms with Crippen LogP contribution < -0.4 is 5.32 Å². The summed E-state index contributed by atoms with van der Waals surface area (Å²) in [5.41, 5.74) is -1.24. The van der Waals surface area contributed by atoms with Crippen molar-refractivity contribution in [3.63, 3.8) is 0 Å². The Labute approximate surface area is 174 Å². The fourth-order valence-corrected chi connectivity index (χ4v) is 4.19. The van der Waals surface area contributed by atoms with Crippen LogP contribution in [0, 0.1) is 0 Å². The average molecular weight is 422 g/mol. The molecule has 8 heteroatoms. The van der Waals surface area contributed by atoms with Gasteiger partial charge >= 0.3 is 5.97 Å². The highest BCUT2D eigenvalue weighted by Gasteiger charge is 2.49. The van der Waals surface area contributed by atoms with E-state index in [2.05, 4.69) is 5.32 Å². The lowest BCUT2D eigenvalue weighted by Crippen LogP contribution is -2.45. The zero-order valence-corrected chi connectivity index (χ0v) is 17.4. The normalized spacial score (nSPS) is 18.4. The van der Waals surface area contributed by atoms with E-state index in [0.29, 0.717) is 36.6 Å². The molecule has 0 atom stereocenters. The molecule has 0 saturated carbocycles. The molecule has 156 valence electrons. The summed E-state index contributed by atoms with van der Waals surface area (Å²) in [5.74, 6) is -2.42. The Bertz CT molecular complexity index is 893. The van der Waals surface area contributed by atoms with Gasteiger partial charge in [0.25, 0.3) is 5.91 Å². The van der Waals surface area contributed by atoms with Crippen molar-refractivity contribution in [2.24, 2.45) is 0 Å². The molecule has 1 saturated heterocycles. The van der Waals surface area contributed by atoms with E-state index in [1.807, 2.05) is 0 Å². The van der Waals surface area contributed by atoms with E-state index in [9.17, 15) is 19.5 Å². The van der Waals surface area contributed by atoms with Gasteiger partial charge in [0.15, 0.2) is 0 Å². The molecule has 1 fully saturated rings. The number of ether oxygens (including phenoxy) is 2. The maximum Gasteiger partial charge on any atom is 0.325 e. The third kappa shape index (κ3) is 4.02. The lowest BCUT2D eigenvalue weighted by atomic mass is 9.65. The molecule has 29 heavy (non-hydrogen) atoms. The first kappa shape index (κ1) is 21.3. The fraction of sp³-hybridized carbons (Fsp3) is 0.476. The molecule has 1 amide bonds. The number of aliphatic hydroxyl groups is 1. The molecule has 1 aromatic rings. The molecule has 3 rings (SSSR count). The Morgan fingerprint density at radius 2 is 1.93 bits per heavy atom. The fourth-order valence-electron chi connectivity index (χ4n) is 3.84. The molecule has 0 radical (unpaired) electrons. The number of Topliss-reactive ketones (excluding diaryl/α,β-unsaturated/α-hetero) is 1. The van der Waals surface area contributed by atoms with Crippen LogP contribution in [0.2, 0.25) is 5.02 Å². The van der Waals surface area contributed by atoms with E-state index in [1.165, 1.54) is 0 Å².